The van der Waals surface area contributed by atoms with Crippen LogP contribution in [0.5, 0.6) is 0 Å². The van der Waals surface area contributed by atoms with Crippen LogP contribution in [0.25, 0.3) is 0 Å². The van der Waals surface area contributed by atoms with Gasteiger partial charge in [0.15, 0.2) is 0 Å². The van der Waals surface area contributed by atoms with Gasteiger partial charge in [-0.05, 0) is 12.3 Å². The summed E-state index contributed by atoms with van der Waals surface area (Å²) in [6.07, 6.45) is 2.43. The first kappa shape index (κ1) is 14.5. The molecule has 0 aromatic heterocycles. The highest BCUT2D eigenvalue weighted by Gasteiger charge is 2.29. The number of carbonyl (C=O) groups excluding carboxylic acids is 1. The van der Waals surface area contributed by atoms with Crippen LogP contribution in [0.1, 0.15) is 12.8 Å². The van der Waals surface area contributed by atoms with E-state index in [0.717, 1.165) is 6.42 Å². The molecule has 6 heteroatoms. The minimum Gasteiger partial charge on any atom is -0.481 e. The minimum atomic E-state index is -0.826. The normalized spacial score (nSPS) is 18.7. The van der Waals surface area contributed by atoms with Crippen molar-refractivity contribution in [2.75, 3.05) is 32.8 Å². The van der Waals surface area contributed by atoms with Crippen molar-refractivity contribution in [1.29, 1.82) is 0 Å². The Bertz CT molecular complexity index is 319. The Morgan fingerprint density at radius 1 is 1.50 bits per heavy atom. The van der Waals surface area contributed by atoms with Crippen molar-refractivity contribution in [3.05, 3.63) is 12.7 Å². The second-order valence-corrected chi connectivity index (χ2v) is 4.44. The van der Waals surface area contributed by atoms with Crippen molar-refractivity contribution in [3.63, 3.8) is 0 Å². The van der Waals surface area contributed by atoms with Crippen molar-refractivity contribution < 1.29 is 19.8 Å². The largest absolute Gasteiger partial charge is 0.481 e. The Morgan fingerprint density at radius 3 is 2.78 bits per heavy atom. The second kappa shape index (κ2) is 7.00. The number of carboxylic acid groups (broad SMARTS) is 1. The van der Waals surface area contributed by atoms with Gasteiger partial charge in [-0.25, -0.2) is 4.79 Å². The zero-order valence-electron chi connectivity index (χ0n) is 10.4. The van der Waals surface area contributed by atoms with Crippen molar-refractivity contribution in [3.8, 4) is 0 Å². The number of rotatable bonds is 6. The smallest absolute Gasteiger partial charge is 0.320 e. The predicted molar refractivity (Wildman–Crippen MR) is 66.2 cm³/mol. The van der Waals surface area contributed by atoms with Gasteiger partial charge in [0.05, 0.1) is 6.61 Å². The van der Waals surface area contributed by atoms with Gasteiger partial charge >= 0.3 is 12.0 Å². The third-order valence-corrected chi connectivity index (χ3v) is 3.01. The molecule has 0 spiro atoms. The number of aliphatic hydroxyl groups excluding tert-OH is 1. The summed E-state index contributed by atoms with van der Waals surface area (Å²) in [5, 5.41) is 17.6. The van der Waals surface area contributed by atoms with Gasteiger partial charge in [0, 0.05) is 32.6 Å². The molecule has 2 amide bonds. The standard InChI is InChI=1S/C12H20N2O4/c1-2-4-13(6-7-15)12(18)14-5-3-10(9-14)8-11(16)17/h2,10,15H,1,3-9H2,(H,16,17). The number of amides is 2. The number of aliphatic hydroxyl groups is 1. The van der Waals surface area contributed by atoms with E-state index < -0.39 is 5.97 Å². The zero-order valence-corrected chi connectivity index (χ0v) is 10.4. The van der Waals surface area contributed by atoms with Crippen LogP contribution in [0.15, 0.2) is 12.7 Å². The van der Waals surface area contributed by atoms with Crippen LogP contribution in [0.2, 0.25) is 0 Å². The minimum absolute atomic E-state index is 0.0335. The summed E-state index contributed by atoms with van der Waals surface area (Å²) in [6, 6.07) is -0.156. The topological polar surface area (TPSA) is 81.1 Å². The van der Waals surface area contributed by atoms with Gasteiger partial charge in [-0.3, -0.25) is 4.79 Å². The summed E-state index contributed by atoms with van der Waals surface area (Å²) >= 11 is 0. The van der Waals surface area contributed by atoms with E-state index in [1.807, 2.05) is 0 Å². The van der Waals surface area contributed by atoms with Crippen LogP contribution >= 0.6 is 0 Å². The summed E-state index contributed by atoms with van der Waals surface area (Å²) in [4.78, 5) is 25.9. The van der Waals surface area contributed by atoms with Gasteiger partial charge < -0.3 is 20.0 Å². The third kappa shape index (κ3) is 4.03. The van der Waals surface area contributed by atoms with Crippen LogP contribution in [0, 0.1) is 5.92 Å². The molecular formula is C12H20N2O4. The molecule has 0 aromatic carbocycles. The number of urea groups is 1. The lowest BCUT2D eigenvalue weighted by Crippen LogP contribution is -2.43. The molecule has 0 aliphatic carbocycles. The van der Waals surface area contributed by atoms with Crippen LogP contribution in [0.4, 0.5) is 4.79 Å². The molecule has 1 fully saturated rings. The van der Waals surface area contributed by atoms with Gasteiger partial charge in [-0.15, -0.1) is 6.58 Å². The SMILES string of the molecule is C=CCN(CCO)C(=O)N1CCC(CC(=O)O)C1. The molecule has 1 unspecified atom stereocenters. The highest BCUT2D eigenvalue weighted by Crippen LogP contribution is 2.20. The first-order valence-corrected chi connectivity index (χ1v) is 6.06. The predicted octanol–water partition coefficient (Wildman–Crippen LogP) is 0.383. The number of carbonyl (C=O) groups is 2. The Morgan fingerprint density at radius 2 is 2.22 bits per heavy atom. The van der Waals surface area contributed by atoms with E-state index in [9.17, 15) is 9.59 Å². The molecule has 1 heterocycles. The average Bonchev–Trinajstić information content (AvgIpc) is 2.75. The van der Waals surface area contributed by atoms with E-state index in [4.69, 9.17) is 10.2 Å². The Hall–Kier alpha value is -1.56. The van der Waals surface area contributed by atoms with Gasteiger partial charge in [0.25, 0.3) is 0 Å². The van der Waals surface area contributed by atoms with Crippen molar-refractivity contribution in [1.82, 2.24) is 9.80 Å². The maximum Gasteiger partial charge on any atom is 0.320 e. The molecule has 0 radical (unpaired) electrons. The molecule has 102 valence electrons. The van der Waals surface area contributed by atoms with Gasteiger partial charge in [-0.1, -0.05) is 6.08 Å². The van der Waals surface area contributed by atoms with E-state index >= 15 is 0 Å². The van der Waals surface area contributed by atoms with E-state index in [1.165, 1.54) is 4.90 Å². The van der Waals surface area contributed by atoms with E-state index in [0.29, 0.717) is 19.6 Å². The van der Waals surface area contributed by atoms with E-state index in [2.05, 4.69) is 6.58 Å². The molecule has 1 saturated heterocycles. The van der Waals surface area contributed by atoms with Gasteiger partial charge in [-0.2, -0.15) is 0 Å². The quantitative estimate of drug-likeness (QED) is 0.673. The summed E-state index contributed by atoms with van der Waals surface area (Å²) in [5.74, 6) is -0.793. The first-order valence-electron chi connectivity index (χ1n) is 6.06. The van der Waals surface area contributed by atoms with Crippen LogP contribution in [0.3, 0.4) is 0 Å². The third-order valence-electron chi connectivity index (χ3n) is 3.01. The molecule has 1 aliphatic rings. The number of hydrogen-bond acceptors (Lipinski definition) is 3. The molecule has 1 atom stereocenters. The molecule has 6 nitrogen and oxygen atoms in total. The van der Waals surface area contributed by atoms with E-state index in [-0.39, 0.29) is 31.5 Å². The summed E-state index contributed by atoms with van der Waals surface area (Å²) < 4.78 is 0. The molecule has 18 heavy (non-hydrogen) atoms. The average molecular weight is 256 g/mol. The Labute approximate surface area is 106 Å². The molecule has 1 aliphatic heterocycles. The highest BCUT2D eigenvalue weighted by atomic mass is 16.4. The maximum absolute atomic E-state index is 12.1. The first-order chi connectivity index (χ1) is 8.58. The molecule has 0 aromatic rings. The fraction of sp³-hybridized carbons (Fsp3) is 0.667. The number of aliphatic carboxylic acids is 1. The summed E-state index contributed by atoms with van der Waals surface area (Å²) in [7, 11) is 0. The van der Waals surface area contributed by atoms with Crippen LogP contribution in [-0.4, -0.2) is 64.8 Å². The van der Waals surface area contributed by atoms with E-state index in [1.54, 1.807) is 11.0 Å². The van der Waals surface area contributed by atoms with Gasteiger partial charge in [0.2, 0.25) is 0 Å². The Balaban J connectivity index is 2.51. The number of nitrogens with zero attached hydrogens (tertiary/aromatic N) is 2. The number of carboxylic acids is 1. The molecule has 0 saturated carbocycles. The van der Waals surface area contributed by atoms with Crippen molar-refractivity contribution >= 4 is 12.0 Å². The van der Waals surface area contributed by atoms with Crippen molar-refractivity contribution in [2.45, 2.75) is 12.8 Å². The fourth-order valence-corrected chi connectivity index (χ4v) is 2.16. The lowest BCUT2D eigenvalue weighted by Gasteiger charge is -2.26. The van der Waals surface area contributed by atoms with Gasteiger partial charge in [0.1, 0.15) is 0 Å². The lowest BCUT2D eigenvalue weighted by molar-refractivity contribution is -0.138. The zero-order chi connectivity index (χ0) is 13.5. The van der Waals surface area contributed by atoms with Crippen LogP contribution in [-0.2, 0) is 4.79 Å². The maximum atomic E-state index is 12.1. The van der Waals surface area contributed by atoms with Crippen molar-refractivity contribution in [2.24, 2.45) is 5.92 Å². The summed E-state index contributed by atoms with van der Waals surface area (Å²) in [5.41, 5.74) is 0. The lowest BCUT2D eigenvalue weighted by atomic mass is 10.1. The van der Waals surface area contributed by atoms with Crippen LogP contribution < -0.4 is 0 Å². The monoisotopic (exact) mass is 256 g/mol. The Kier molecular flexibility index (Phi) is 5.64. The fourth-order valence-electron chi connectivity index (χ4n) is 2.16. The number of likely N-dealkylation sites (tertiary alicyclic amines) is 1. The molecular weight excluding hydrogens is 236 g/mol. The summed E-state index contributed by atoms with van der Waals surface area (Å²) in [6.45, 7) is 5.20. The molecule has 0 bridgehead atoms. The molecule has 2 N–H and O–H groups in total. The molecule has 1 rings (SSSR count). The second-order valence-electron chi connectivity index (χ2n) is 4.44. The number of hydrogen-bond donors (Lipinski definition) is 2. The highest BCUT2D eigenvalue weighted by molar-refractivity contribution is 5.75.